The number of hydrogen-bond donors (Lipinski definition) is 5. The first-order chi connectivity index (χ1) is 17.1. The Morgan fingerprint density at radius 2 is 1.89 bits per heavy atom. The van der Waals surface area contributed by atoms with E-state index in [4.69, 9.17) is 16.7 Å². The molecule has 5 N–H and O–H groups in total. The number of carboxylic acids is 1. The summed E-state index contributed by atoms with van der Waals surface area (Å²) in [5.41, 5.74) is 0.539. The number of anilines is 1. The van der Waals surface area contributed by atoms with Gasteiger partial charge in [-0.05, 0) is 18.1 Å². The van der Waals surface area contributed by atoms with Gasteiger partial charge in [0, 0.05) is 23.5 Å². The minimum Gasteiger partial charge on any atom is -0.480 e. The van der Waals surface area contributed by atoms with E-state index in [2.05, 4.69) is 21.0 Å². The van der Waals surface area contributed by atoms with Crippen molar-refractivity contribution in [1.29, 1.82) is 0 Å². The van der Waals surface area contributed by atoms with E-state index in [9.17, 15) is 23.9 Å². The number of nitrogens with one attached hydrogen (secondary N) is 3. The van der Waals surface area contributed by atoms with E-state index in [1.54, 1.807) is 24.3 Å². The molecule has 0 fully saturated rings. The van der Waals surface area contributed by atoms with Crippen LogP contribution in [0.2, 0.25) is 5.02 Å². The second kappa shape index (κ2) is 11.9. The Morgan fingerprint density at radius 3 is 2.56 bits per heavy atom. The number of aliphatic hydroxyl groups is 1. The van der Waals surface area contributed by atoms with E-state index >= 15 is 0 Å². The van der Waals surface area contributed by atoms with Gasteiger partial charge in [-0.2, -0.15) is 5.10 Å². The Hall–Kier alpha value is -3.54. The number of para-hydroxylation sites is 1. The first-order valence-corrected chi connectivity index (χ1v) is 11.6. The number of carbonyl (C=O) groups is 3. The van der Waals surface area contributed by atoms with Crippen molar-refractivity contribution in [3.05, 3.63) is 58.5 Å². The summed E-state index contributed by atoms with van der Waals surface area (Å²) >= 11 is 6.15. The number of amides is 2. The van der Waals surface area contributed by atoms with E-state index in [-0.39, 0.29) is 59.5 Å². The number of aliphatic carboxylic acids is 1. The molecule has 0 saturated carbocycles. The van der Waals surface area contributed by atoms with Crippen molar-refractivity contribution in [1.82, 2.24) is 20.4 Å². The quantitative estimate of drug-likeness (QED) is 0.261. The third-order valence-electron chi connectivity index (χ3n) is 5.57. The van der Waals surface area contributed by atoms with Crippen LogP contribution in [0, 0.1) is 11.7 Å². The number of carbonyl (C=O) groups excluding carboxylic acids is 2. The van der Waals surface area contributed by atoms with Crippen LogP contribution in [0.5, 0.6) is 0 Å². The molecule has 3 aromatic rings. The van der Waals surface area contributed by atoms with Gasteiger partial charge in [-0.15, -0.1) is 0 Å². The zero-order valence-electron chi connectivity index (χ0n) is 19.7. The van der Waals surface area contributed by atoms with Gasteiger partial charge in [0.15, 0.2) is 5.69 Å². The third kappa shape index (κ3) is 6.36. The Bertz CT molecular complexity index is 1280. The second-order valence-electron chi connectivity index (χ2n) is 8.46. The molecule has 12 heteroatoms. The molecule has 1 atom stereocenters. The number of carboxylic acid groups (broad SMARTS) is 1. The molecule has 10 nitrogen and oxygen atoms in total. The summed E-state index contributed by atoms with van der Waals surface area (Å²) in [4.78, 5) is 36.1. The fraction of sp³-hybridized carbons (Fsp3) is 0.333. The summed E-state index contributed by atoms with van der Waals surface area (Å²) < 4.78 is 16.1. The summed E-state index contributed by atoms with van der Waals surface area (Å²) in [6.45, 7) is 3.10. The van der Waals surface area contributed by atoms with E-state index in [1.807, 2.05) is 13.8 Å². The van der Waals surface area contributed by atoms with Crippen molar-refractivity contribution in [2.75, 3.05) is 18.5 Å². The number of aromatic nitrogens is 2. The Labute approximate surface area is 211 Å². The zero-order valence-corrected chi connectivity index (χ0v) is 20.5. The van der Waals surface area contributed by atoms with Crippen LogP contribution in [0.15, 0.2) is 36.4 Å². The molecule has 0 unspecified atom stereocenters. The van der Waals surface area contributed by atoms with E-state index in [0.29, 0.717) is 10.9 Å². The third-order valence-corrected chi connectivity index (χ3v) is 5.94. The van der Waals surface area contributed by atoms with Crippen LogP contribution in [0.4, 0.5) is 10.1 Å². The van der Waals surface area contributed by atoms with Crippen molar-refractivity contribution in [2.24, 2.45) is 5.92 Å². The molecule has 3 rings (SSSR count). The molecule has 1 heterocycles. The zero-order chi connectivity index (χ0) is 26.4. The first kappa shape index (κ1) is 27.1. The highest BCUT2D eigenvalue weighted by atomic mass is 35.5. The van der Waals surface area contributed by atoms with Crippen LogP contribution in [-0.2, 0) is 22.7 Å². The topological polar surface area (TPSA) is 146 Å². The molecule has 1 aromatic heterocycles. The van der Waals surface area contributed by atoms with E-state index in [1.165, 1.54) is 16.8 Å². The fourth-order valence-electron chi connectivity index (χ4n) is 3.54. The second-order valence-corrected chi connectivity index (χ2v) is 8.84. The van der Waals surface area contributed by atoms with Crippen LogP contribution in [-0.4, -0.2) is 57.0 Å². The maximum Gasteiger partial charge on any atom is 0.325 e. The molecule has 0 bridgehead atoms. The van der Waals surface area contributed by atoms with Gasteiger partial charge in [-0.25, -0.2) is 4.39 Å². The molecule has 192 valence electrons. The van der Waals surface area contributed by atoms with E-state index in [0.717, 1.165) is 0 Å². The predicted octanol–water partition coefficient (Wildman–Crippen LogP) is 2.39. The average Bonchev–Trinajstić information content (AvgIpc) is 3.19. The minimum absolute atomic E-state index is 0.00417. The largest absolute Gasteiger partial charge is 0.480 e. The predicted molar refractivity (Wildman–Crippen MR) is 132 cm³/mol. The molecule has 0 saturated heterocycles. The normalized spacial score (nSPS) is 12.1. The van der Waals surface area contributed by atoms with Gasteiger partial charge in [0.1, 0.15) is 17.4 Å². The summed E-state index contributed by atoms with van der Waals surface area (Å²) in [5, 5.41) is 30.6. The lowest BCUT2D eigenvalue weighted by Crippen LogP contribution is -2.43. The number of fused-ring (bicyclic) bond motifs is 1. The number of rotatable bonds is 11. The highest BCUT2D eigenvalue weighted by Gasteiger charge is 2.21. The minimum atomic E-state index is -1.12. The van der Waals surface area contributed by atoms with Gasteiger partial charge in [0.05, 0.1) is 24.4 Å². The van der Waals surface area contributed by atoms with Crippen LogP contribution in [0.25, 0.3) is 10.9 Å². The number of aliphatic hydroxyl groups excluding tert-OH is 1. The van der Waals surface area contributed by atoms with Crippen LogP contribution < -0.4 is 16.0 Å². The fourth-order valence-corrected chi connectivity index (χ4v) is 3.77. The SMILES string of the molecule is CC(C)[C@H](CO)NCC(=O)NCc1ccc(NC(=O)c2nn(CC(=O)O)c3ccccc23)c(Cl)c1F. The summed E-state index contributed by atoms with van der Waals surface area (Å²) in [5.74, 6) is -2.87. The van der Waals surface area contributed by atoms with Crippen LogP contribution in [0.1, 0.15) is 29.9 Å². The molecule has 0 spiro atoms. The molecule has 2 amide bonds. The summed E-state index contributed by atoms with van der Waals surface area (Å²) in [7, 11) is 0. The molecule has 0 aliphatic heterocycles. The van der Waals surface area contributed by atoms with Crippen molar-refractivity contribution in [3.8, 4) is 0 Å². The Kier molecular flexibility index (Phi) is 8.97. The summed E-state index contributed by atoms with van der Waals surface area (Å²) in [6, 6.07) is 9.19. The molecule has 0 radical (unpaired) electrons. The highest BCUT2D eigenvalue weighted by molar-refractivity contribution is 6.34. The number of hydrogen-bond acceptors (Lipinski definition) is 6. The summed E-state index contributed by atoms with van der Waals surface area (Å²) in [6.07, 6.45) is 0. The van der Waals surface area contributed by atoms with Crippen molar-refractivity contribution < 1.29 is 29.0 Å². The Morgan fingerprint density at radius 1 is 1.17 bits per heavy atom. The number of benzene rings is 2. The molecule has 36 heavy (non-hydrogen) atoms. The van der Waals surface area contributed by atoms with Gasteiger partial charge in [-0.3, -0.25) is 19.1 Å². The lowest BCUT2D eigenvalue weighted by molar-refractivity contribution is -0.137. The Balaban J connectivity index is 1.69. The van der Waals surface area contributed by atoms with Crippen LogP contribution in [0.3, 0.4) is 0 Å². The lowest BCUT2D eigenvalue weighted by Gasteiger charge is -2.19. The smallest absolute Gasteiger partial charge is 0.325 e. The molecule has 2 aromatic carbocycles. The average molecular weight is 520 g/mol. The van der Waals surface area contributed by atoms with Gasteiger partial charge in [-0.1, -0.05) is 49.7 Å². The van der Waals surface area contributed by atoms with Crippen molar-refractivity contribution >= 4 is 46.0 Å². The lowest BCUT2D eigenvalue weighted by atomic mass is 10.1. The maximum absolute atomic E-state index is 14.9. The maximum atomic E-state index is 14.9. The molecule has 0 aliphatic rings. The van der Waals surface area contributed by atoms with Crippen molar-refractivity contribution in [3.63, 3.8) is 0 Å². The standard InChI is InChI=1S/C24H27ClFN5O5/c1-13(2)17(12-32)27-10-19(33)28-9-14-7-8-16(21(25)22(14)26)29-24(36)23-15-5-3-4-6-18(15)31(30-23)11-20(34)35/h3-8,13,17,27,32H,9-12H2,1-2H3,(H,28,33)(H,29,36)(H,34,35)/t17-/m0/s1. The monoisotopic (exact) mass is 519 g/mol. The molecular formula is C24H27ClFN5O5. The van der Waals surface area contributed by atoms with Gasteiger partial charge < -0.3 is 26.2 Å². The van der Waals surface area contributed by atoms with Crippen LogP contribution >= 0.6 is 11.6 Å². The molecule has 0 aliphatic carbocycles. The molecular weight excluding hydrogens is 493 g/mol. The number of nitrogens with zero attached hydrogens (tertiary/aromatic N) is 2. The number of halogens is 2. The van der Waals surface area contributed by atoms with E-state index < -0.39 is 24.2 Å². The van der Waals surface area contributed by atoms with Crippen molar-refractivity contribution in [2.45, 2.75) is 33.0 Å². The van der Waals surface area contributed by atoms with Gasteiger partial charge >= 0.3 is 5.97 Å². The first-order valence-electron chi connectivity index (χ1n) is 11.2. The van der Waals surface area contributed by atoms with Gasteiger partial charge in [0.25, 0.3) is 5.91 Å². The van der Waals surface area contributed by atoms with Gasteiger partial charge in [0.2, 0.25) is 5.91 Å². The highest BCUT2D eigenvalue weighted by Crippen LogP contribution is 2.29.